The second-order valence-electron chi connectivity index (χ2n) is 16.2. The standard InChI is InChI=1S/C50H91NO5/c1-4-7-10-13-16-19-22-24-26-28-31-34-37-40-43-50(55)56-46(41-38-35-32-29-27-25-23-20-17-14-11-8-5-2)44-49(54)51-47(45-52)48(53)42-39-36-33-30-21-18-15-12-9-6-3/h8,11,14,17,20,23,26,28,46-48,52-53H,4-7,9-10,12-13,15-16,18-19,21-22,24-25,27,29-45H2,1-3H3,(H,51,54)/b11-8+,17-14+,23-20+,28-26-. The predicted molar refractivity (Wildman–Crippen MR) is 241 cm³/mol. The number of amides is 1. The Labute approximate surface area is 346 Å². The number of ether oxygens (including phenoxy) is 1. The van der Waals surface area contributed by atoms with Crippen LogP contribution in [0.4, 0.5) is 0 Å². The van der Waals surface area contributed by atoms with Crippen LogP contribution in [-0.4, -0.2) is 46.9 Å². The summed E-state index contributed by atoms with van der Waals surface area (Å²) in [6.45, 7) is 6.32. The van der Waals surface area contributed by atoms with E-state index < -0.39 is 18.2 Å². The maximum Gasteiger partial charge on any atom is 0.306 e. The van der Waals surface area contributed by atoms with Crippen LogP contribution in [0.3, 0.4) is 0 Å². The van der Waals surface area contributed by atoms with Gasteiger partial charge in [-0.3, -0.25) is 9.59 Å². The van der Waals surface area contributed by atoms with Crippen molar-refractivity contribution in [1.82, 2.24) is 5.32 Å². The Morgan fingerprint density at radius 1 is 0.536 bits per heavy atom. The monoisotopic (exact) mass is 786 g/mol. The highest BCUT2D eigenvalue weighted by molar-refractivity contribution is 5.77. The molecule has 0 aromatic heterocycles. The van der Waals surface area contributed by atoms with Crippen molar-refractivity contribution in [2.24, 2.45) is 0 Å². The summed E-state index contributed by atoms with van der Waals surface area (Å²) in [5, 5.41) is 23.6. The van der Waals surface area contributed by atoms with Gasteiger partial charge in [-0.2, -0.15) is 0 Å². The van der Waals surface area contributed by atoms with Crippen LogP contribution in [-0.2, 0) is 14.3 Å². The lowest BCUT2D eigenvalue weighted by atomic mass is 10.0. The van der Waals surface area contributed by atoms with Gasteiger partial charge in [0, 0.05) is 6.42 Å². The van der Waals surface area contributed by atoms with Crippen molar-refractivity contribution in [2.45, 2.75) is 251 Å². The molecule has 6 nitrogen and oxygen atoms in total. The molecule has 0 saturated carbocycles. The maximum absolute atomic E-state index is 13.1. The SMILES string of the molecule is CC/C=C/C=C/C=C/CCCCCCCC(CC(=O)NC(CO)C(O)CCCCCCCCCCCC)OC(=O)CCCCC/C=C\CCCCCCCCC. The lowest BCUT2D eigenvalue weighted by molar-refractivity contribution is -0.151. The van der Waals surface area contributed by atoms with Crippen LogP contribution in [0, 0.1) is 0 Å². The van der Waals surface area contributed by atoms with E-state index in [-0.39, 0.29) is 24.9 Å². The molecule has 0 aliphatic carbocycles. The summed E-state index contributed by atoms with van der Waals surface area (Å²) < 4.78 is 5.90. The normalized spacial score (nSPS) is 13.7. The van der Waals surface area contributed by atoms with E-state index in [0.29, 0.717) is 19.3 Å². The third-order valence-corrected chi connectivity index (χ3v) is 10.7. The average molecular weight is 786 g/mol. The molecule has 0 rings (SSSR count). The summed E-state index contributed by atoms with van der Waals surface area (Å²) in [6.07, 6.45) is 51.7. The molecule has 3 unspecified atom stereocenters. The number of aliphatic hydroxyl groups is 2. The Balaban J connectivity index is 4.64. The van der Waals surface area contributed by atoms with Gasteiger partial charge < -0.3 is 20.3 Å². The summed E-state index contributed by atoms with van der Waals surface area (Å²) in [4.78, 5) is 26.0. The molecule has 56 heavy (non-hydrogen) atoms. The van der Waals surface area contributed by atoms with Crippen molar-refractivity contribution in [3.63, 3.8) is 0 Å². The van der Waals surface area contributed by atoms with Crippen LogP contribution in [0.25, 0.3) is 0 Å². The third kappa shape index (κ3) is 38.7. The first-order chi connectivity index (χ1) is 27.5. The van der Waals surface area contributed by atoms with Gasteiger partial charge in [0.05, 0.1) is 25.2 Å². The van der Waals surface area contributed by atoms with Crippen LogP contribution in [0.15, 0.2) is 48.6 Å². The highest BCUT2D eigenvalue weighted by atomic mass is 16.5. The zero-order valence-corrected chi connectivity index (χ0v) is 37.0. The quantitative estimate of drug-likeness (QED) is 0.0248. The van der Waals surface area contributed by atoms with E-state index in [4.69, 9.17) is 4.74 Å². The number of hydrogen-bond acceptors (Lipinski definition) is 5. The molecule has 0 aliphatic rings. The second-order valence-corrected chi connectivity index (χ2v) is 16.2. The minimum Gasteiger partial charge on any atom is -0.462 e. The molecule has 3 N–H and O–H groups in total. The second kappa shape index (κ2) is 43.9. The fourth-order valence-electron chi connectivity index (χ4n) is 7.07. The molecule has 326 valence electrons. The summed E-state index contributed by atoms with van der Waals surface area (Å²) in [5.74, 6) is -0.513. The van der Waals surface area contributed by atoms with E-state index in [9.17, 15) is 19.8 Å². The van der Waals surface area contributed by atoms with Gasteiger partial charge >= 0.3 is 5.97 Å². The molecule has 1 amide bonds. The van der Waals surface area contributed by atoms with Crippen molar-refractivity contribution in [1.29, 1.82) is 0 Å². The Bertz CT molecular complexity index is 972. The highest BCUT2D eigenvalue weighted by Gasteiger charge is 2.24. The first-order valence-corrected chi connectivity index (χ1v) is 23.9. The van der Waals surface area contributed by atoms with E-state index >= 15 is 0 Å². The molecule has 0 fully saturated rings. The minimum absolute atomic E-state index is 0.0580. The summed E-state index contributed by atoms with van der Waals surface area (Å²) in [5.41, 5.74) is 0. The lowest BCUT2D eigenvalue weighted by Crippen LogP contribution is -2.46. The van der Waals surface area contributed by atoms with Crippen molar-refractivity contribution >= 4 is 11.9 Å². The Hall–Kier alpha value is -2.18. The molecule has 0 aliphatic heterocycles. The topological polar surface area (TPSA) is 95.9 Å². The van der Waals surface area contributed by atoms with Gasteiger partial charge in [0.25, 0.3) is 0 Å². The molecular weight excluding hydrogens is 695 g/mol. The molecule has 3 atom stereocenters. The fraction of sp³-hybridized carbons (Fsp3) is 0.800. The average Bonchev–Trinajstić information content (AvgIpc) is 3.19. The Kier molecular flexibility index (Phi) is 42.2. The Morgan fingerprint density at radius 2 is 0.982 bits per heavy atom. The van der Waals surface area contributed by atoms with E-state index in [1.54, 1.807) is 0 Å². The number of allylic oxidation sites excluding steroid dienone is 8. The number of nitrogens with one attached hydrogen (secondary N) is 1. The molecule has 0 heterocycles. The van der Waals surface area contributed by atoms with Gasteiger partial charge in [0.2, 0.25) is 5.91 Å². The van der Waals surface area contributed by atoms with Gasteiger partial charge in [-0.1, -0.05) is 198 Å². The molecule has 0 radical (unpaired) electrons. The molecule has 6 heteroatoms. The van der Waals surface area contributed by atoms with E-state index in [0.717, 1.165) is 89.9 Å². The minimum atomic E-state index is -0.794. The van der Waals surface area contributed by atoms with Gasteiger partial charge in [-0.05, 0) is 70.6 Å². The zero-order chi connectivity index (χ0) is 41.0. The van der Waals surface area contributed by atoms with Crippen LogP contribution in [0.5, 0.6) is 0 Å². The smallest absolute Gasteiger partial charge is 0.306 e. The molecular formula is C50H91NO5. The zero-order valence-electron chi connectivity index (χ0n) is 37.0. The number of esters is 1. The summed E-state index contributed by atoms with van der Waals surface area (Å²) in [6, 6.07) is -0.709. The van der Waals surface area contributed by atoms with Gasteiger partial charge in [0.1, 0.15) is 6.10 Å². The molecule has 0 spiro atoms. The largest absolute Gasteiger partial charge is 0.462 e. The van der Waals surface area contributed by atoms with Crippen molar-refractivity contribution < 1.29 is 24.5 Å². The van der Waals surface area contributed by atoms with Crippen molar-refractivity contribution in [2.75, 3.05) is 6.61 Å². The van der Waals surface area contributed by atoms with Gasteiger partial charge in [-0.25, -0.2) is 0 Å². The number of carbonyl (C=O) groups is 2. The van der Waals surface area contributed by atoms with Crippen LogP contribution < -0.4 is 5.32 Å². The lowest BCUT2D eigenvalue weighted by Gasteiger charge is -2.24. The predicted octanol–water partition coefficient (Wildman–Crippen LogP) is 13.9. The molecule has 0 aromatic rings. The molecule has 0 bridgehead atoms. The highest BCUT2D eigenvalue weighted by Crippen LogP contribution is 2.17. The van der Waals surface area contributed by atoms with Crippen LogP contribution in [0.1, 0.15) is 233 Å². The molecule has 0 aromatic carbocycles. The van der Waals surface area contributed by atoms with E-state index in [2.05, 4.69) is 74.7 Å². The fourth-order valence-corrected chi connectivity index (χ4v) is 7.07. The third-order valence-electron chi connectivity index (χ3n) is 10.7. The van der Waals surface area contributed by atoms with Crippen molar-refractivity contribution in [3.8, 4) is 0 Å². The van der Waals surface area contributed by atoms with Crippen molar-refractivity contribution in [3.05, 3.63) is 48.6 Å². The molecule has 0 saturated heterocycles. The summed E-state index contributed by atoms with van der Waals surface area (Å²) in [7, 11) is 0. The van der Waals surface area contributed by atoms with Crippen LogP contribution in [0.2, 0.25) is 0 Å². The number of unbranched alkanes of at least 4 members (excludes halogenated alkanes) is 24. The summed E-state index contributed by atoms with van der Waals surface area (Å²) >= 11 is 0. The van der Waals surface area contributed by atoms with E-state index in [1.165, 1.54) is 96.3 Å². The number of rotatable bonds is 42. The van der Waals surface area contributed by atoms with Crippen LogP contribution >= 0.6 is 0 Å². The maximum atomic E-state index is 13.1. The van der Waals surface area contributed by atoms with Gasteiger partial charge in [0.15, 0.2) is 0 Å². The first-order valence-electron chi connectivity index (χ1n) is 23.9. The number of carbonyl (C=O) groups excluding carboxylic acids is 2. The van der Waals surface area contributed by atoms with Gasteiger partial charge in [-0.15, -0.1) is 0 Å². The number of hydrogen-bond donors (Lipinski definition) is 3. The number of aliphatic hydroxyl groups excluding tert-OH is 2. The first kappa shape index (κ1) is 53.8. The Morgan fingerprint density at radius 3 is 1.50 bits per heavy atom. The van der Waals surface area contributed by atoms with E-state index in [1.807, 2.05) is 0 Å².